The SMILES string of the molecule is COc1ccc(OC)c([C@H](C)NC(=O)CSCc2cccs2)c1. The van der Waals surface area contributed by atoms with E-state index in [1.54, 1.807) is 37.3 Å². The first-order valence-corrected chi connectivity index (χ1v) is 9.29. The molecule has 0 saturated heterocycles. The van der Waals surface area contributed by atoms with Gasteiger partial charge < -0.3 is 14.8 Å². The lowest BCUT2D eigenvalue weighted by Gasteiger charge is -2.18. The molecule has 1 aromatic carbocycles. The monoisotopic (exact) mass is 351 g/mol. The molecule has 23 heavy (non-hydrogen) atoms. The summed E-state index contributed by atoms with van der Waals surface area (Å²) in [5.41, 5.74) is 0.906. The molecule has 0 radical (unpaired) electrons. The minimum absolute atomic E-state index is 0.0175. The van der Waals surface area contributed by atoms with Crippen molar-refractivity contribution in [3.8, 4) is 11.5 Å². The maximum atomic E-state index is 12.1. The summed E-state index contributed by atoms with van der Waals surface area (Å²) in [5.74, 6) is 2.80. The van der Waals surface area contributed by atoms with Gasteiger partial charge in [0.2, 0.25) is 5.91 Å². The predicted octanol–water partition coefficient (Wildman–Crippen LogP) is 3.88. The number of hydrogen-bond acceptors (Lipinski definition) is 5. The Morgan fingerprint density at radius 2 is 2.13 bits per heavy atom. The van der Waals surface area contributed by atoms with Crippen molar-refractivity contribution in [2.24, 2.45) is 0 Å². The molecule has 0 aliphatic rings. The van der Waals surface area contributed by atoms with E-state index < -0.39 is 0 Å². The number of carbonyl (C=O) groups is 1. The Labute approximate surface area is 145 Å². The molecule has 124 valence electrons. The van der Waals surface area contributed by atoms with Crippen LogP contribution in [0.5, 0.6) is 11.5 Å². The standard InChI is InChI=1S/C17H21NO3S2/c1-12(15-9-13(20-2)6-7-16(15)21-3)18-17(19)11-22-10-14-5-4-8-23-14/h4-9,12H,10-11H2,1-3H3,(H,18,19)/t12-/m0/s1. The number of carbonyl (C=O) groups excluding carboxylic acids is 1. The maximum Gasteiger partial charge on any atom is 0.230 e. The van der Waals surface area contributed by atoms with E-state index in [4.69, 9.17) is 9.47 Å². The largest absolute Gasteiger partial charge is 0.497 e. The molecule has 0 aliphatic heterocycles. The lowest BCUT2D eigenvalue weighted by atomic mass is 10.1. The Kier molecular flexibility index (Phi) is 6.80. The molecule has 0 unspecified atom stereocenters. The van der Waals surface area contributed by atoms with Crippen molar-refractivity contribution in [2.75, 3.05) is 20.0 Å². The summed E-state index contributed by atoms with van der Waals surface area (Å²) in [4.78, 5) is 13.4. The van der Waals surface area contributed by atoms with Crippen LogP contribution in [0.25, 0.3) is 0 Å². The van der Waals surface area contributed by atoms with Gasteiger partial charge in [0.1, 0.15) is 11.5 Å². The highest BCUT2D eigenvalue weighted by molar-refractivity contribution is 7.99. The quantitative estimate of drug-likeness (QED) is 0.784. The zero-order valence-corrected chi connectivity index (χ0v) is 15.1. The number of methoxy groups -OCH3 is 2. The average Bonchev–Trinajstić information content (AvgIpc) is 3.07. The van der Waals surface area contributed by atoms with Crippen LogP contribution in [0.15, 0.2) is 35.7 Å². The van der Waals surface area contributed by atoms with Crippen molar-refractivity contribution in [2.45, 2.75) is 18.7 Å². The summed E-state index contributed by atoms with van der Waals surface area (Å²) < 4.78 is 10.6. The molecular formula is C17H21NO3S2. The van der Waals surface area contributed by atoms with E-state index in [2.05, 4.69) is 11.4 Å². The van der Waals surface area contributed by atoms with Crippen LogP contribution in [0.4, 0.5) is 0 Å². The first kappa shape index (κ1) is 17.7. The topological polar surface area (TPSA) is 47.6 Å². The van der Waals surface area contributed by atoms with Crippen molar-refractivity contribution in [1.29, 1.82) is 0 Å². The zero-order chi connectivity index (χ0) is 16.7. The zero-order valence-electron chi connectivity index (χ0n) is 13.5. The summed E-state index contributed by atoms with van der Waals surface area (Å²) in [7, 11) is 3.24. The second-order valence-electron chi connectivity index (χ2n) is 4.97. The van der Waals surface area contributed by atoms with Crippen LogP contribution in [-0.2, 0) is 10.5 Å². The molecule has 0 bridgehead atoms. The van der Waals surface area contributed by atoms with Gasteiger partial charge in [0.05, 0.1) is 26.0 Å². The molecule has 0 fully saturated rings. The highest BCUT2D eigenvalue weighted by Gasteiger charge is 2.15. The smallest absolute Gasteiger partial charge is 0.230 e. The van der Waals surface area contributed by atoms with E-state index in [-0.39, 0.29) is 11.9 Å². The average molecular weight is 351 g/mol. The summed E-state index contributed by atoms with van der Waals surface area (Å²) in [6.45, 7) is 1.94. The fourth-order valence-electron chi connectivity index (χ4n) is 2.18. The van der Waals surface area contributed by atoms with Crippen molar-refractivity contribution in [3.05, 3.63) is 46.2 Å². The second kappa shape index (κ2) is 8.84. The Morgan fingerprint density at radius 3 is 2.78 bits per heavy atom. The number of thiophene rings is 1. The van der Waals surface area contributed by atoms with Crippen LogP contribution in [0, 0.1) is 0 Å². The van der Waals surface area contributed by atoms with Gasteiger partial charge in [-0.1, -0.05) is 6.07 Å². The van der Waals surface area contributed by atoms with Gasteiger partial charge in [-0.15, -0.1) is 23.1 Å². The Bertz CT molecular complexity index is 629. The Morgan fingerprint density at radius 1 is 1.30 bits per heavy atom. The van der Waals surface area contributed by atoms with Crippen LogP contribution in [0.3, 0.4) is 0 Å². The molecular weight excluding hydrogens is 330 g/mol. The second-order valence-corrected chi connectivity index (χ2v) is 6.99. The van der Waals surface area contributed by atoms with Crippen molar-refractivity contribution in [3.63, 3.8) is 0 Å². The molecule has 4 nitrogen and oxygen atoms in total. The molecule has 1 heterocycles. The molecule has 6 heteroatoms. The summed E-state index contributed by atoms with van der Waals surface area (Å²) in [5, 5.41) is 5.06. The summed E-state index contributed by atoms with van der Waals surface area (Å²) in [6, 6.07) is 9.55. The van der Waals surface area contributed by atoms with E-state index in [9.17, 15) is 4.79 Å². The van der Waals surface area contributed by atoms with Crippen LogP contribution >= 0.6 is 23.1 Å². The highest BCUT2D eigenvalue weighted by Crippen LogP contribution is 2.29. The Hall–Kier alpha value is -1.66. The van der Waals surface area contributed by atoms with Gasteiger partial charge in [-0.05, 0) is 36.6 Å². The predicted molar refractivity (Wildman–Crippen MR) is 96.6 cm³/mol. The van der Waals surface area contributed by atoms with E-state index in [1.807, 2.05) is 36.6 Å². The lowest BCUT2D eigenvalue weighted by molar-refractivity contribution is -0.119. The van der Waals surface area contributed by atoms with Gasteiger partial charge in [0.15, 0.2) is 0 Å². The van der Waals surface area contributed by atoms with E-state index in [0.29, 0.717) is 5.75 Å². The van der Waals surface area contributed by atoms with Gasteiger partial charge in [-0.25, -0.2) is 0 Å². The number of rotatable bonds is 8. The lowest BCUT2D eigenvalue weighted by Crippen LogP contribution is -2.28. The number of amides is 1. The highest BCUT2D eigenvalue weighted by atomic mass is 32.2. The van der Waals surface area contributed by atoms with Crippen LogP contribution in [0.1, 0.15) is 23.4 Å². The number of ether oxygens (including phenoxy) is 2. The number of thioether (sulfide) groups is 1. The Balaban J connectivity index is 1.90. The molecule has 0 spiro atoms. The number of nitrogens with one attached hydrogen (secondary N) is 1. The molecule has 2 rings (SSSR count). The normalized spacial score (nSPS) is 11.8. The first-order valence-electron chi connectivity index (χ1n) is 7.25. The molecule has 1 amide bonds. The molecule has 2 aromatic rings. The third-order valence-corrected chi connectivity index (χ3v) is 5.38. The minimum atomic E-state index is -0.144. The van der Waals surface area contributed by atoms with E-state index >= 15 is 0 Å². The van der Waals surface area contributed by atoms with Gasteiger partial charge in [0.25, 0.3) is 0 Å². The maximum absolute atomic E-state index is 12.1. The molecule has 1 N–H and O–H groups in total. The van der Waals surface area contributed by atoms with Crippen LogP contribution in [-0.4, -0.2) is 25.9 Å². The van der Waals surface area contributed by atoms with Gasteiger partial charge >= 0.3 is 0 Å². The molecule has 1 atom stereocenters. The third-order valence-electron chi connectivity index (χ3n) is 3.34. The molecule has 0 saturated carbocycles. The van der Waals surface area contributed by atoms with Crippen molar-refractivity contribution >= 4 is 29.0 Å². The van der Waals surface area contributed by atoms with Gasteiger partial charge in [-0.2, -0.15) is 0 Å². The fourth-order valence-corrected chi connectivity index (χ4v) is 3.86. The van der Waals surface area contributed by atoms with Gasteiger partial charge in [-0.3, -0.25) is 4.79 Å². The molecule has 1 aromatic heterocycles. The van der Waals surface area contributed by atoms with Crippen LogP contribution in [0.2, 0.25) is 0 Å². The van der Waals surface area contributed by atoms with Crippen LogP contribution < -0.4 is 14.8 Å². The van der Waals surface area contributed by atoms with Crippen molar-refractivity contribution in [1.82, 2.24) is 5.32 Å². The summed E-state index contributed by atoms with van der Waals surface area (Å²) in [6.07, 6.45) is 0. The third kappa shape index (κ3) is 5.18. The van der Waals surface area contributed by atoms with Crippen molar-refractivity contribution < 1.29 is 14.3 Å². The first-order chi connectivity index (χ1) is 11.1. The molecule has 0 aliphatic carbocycles. The summed E-state index contributed by atoms with van der Waals surface area (Å²) >= 11 is 3.33. The number of hydrogen-bond donors (Lipinski definition) is 1. The fraction of sp³-hybridized carbons (Fsp3) is 0.353. The van der Waals surface area contributed by atoms with E-state index in [1.165, 1.54) is 4.88 Å². The van der Waals surface area contributed by atoms with E-state index in [0.717, 1.165) is 22.8 Å². The number of benzene rings is 1. The van der Waals surface area contributed by atoms with Gasteiger partial charge in [0, 0.05) is 16.2 Å². The minimum Gasteiger partial charge on any atom is -0.497 e.